The van der Waals surface area contributed by atoms with Crippen LogP contribution in [-0.2, 0) is 11.3 Å². The molecule has 0 unspecified atom stereocenters. The largest absolute Gasteiger partial charge is 0.497 e. The van der Waals surface area contributed by atoms with Crippen LogP contribution in [0.4, 0.5) is 9.52 Å². The van der Waals surface area contributed by atoms with Crippen LogP contribution >= 0.6 is 22.7 Å². The van der Waals surface area contributed by atoms with E-state index in [9.17, 15) is 19.1 Å². The number of carbonyl (C=O) groups is 2. The van der Waals surface area contributed by atoms with Gasteiger partial charge in [0.2, 0.25) is 5.91 Å². The predicted molar refractivity (Wildman–Crippen MR) is 176 cm³/mol. The lowest BCUT2D eigenvalue weighted by Gasteiger charge is -2.14. The molecule has 0 bridgehead atoms. The summed E-state index contributed by atoms with van der Waals surface area (Å²) in [7, 11) is 1.49. The van der Waals surface area contributed by atoms with Gasteiger partial charge in [-0.05, 0) is 47.5 Å². The zero-order valence-electron chi connectivity index (χ0n) is 23.7. The van der Waals surface area contributed by atoms with Gasteiger partial charge in [0, 0.05) is 34.2 Å². The molecule has 0 saturated heterocycles. The summed E-state index contributed by atoms with van der Waals surface area (Å²) in [6.07, 6.45) is 1.61. The molecule has 8 nitrogen and oxygen atoms in total. The van der Waals surface area contributed by atoms with E-state index in [2.05, 4.69) is 10.3 Å². The number of thiophene rings is 1. The van der Waals surface area contributed by atoms with Crippen molar-refractivity contribution in [2.75, 3.05) is 12.4 Å². The van der Waals surface area contributed by atoms with E-state index in [1.165, 1.54) is 35.8 Å². The van der Waals surface area contributed by atoms with E-state index in [-0.39, 0.29) is 17.3 Å². The SMILES string of the molecule is COc1ccc(-c2ccc3cc(-c4c(-c5ccccc5)c5sc(C(=O)O)cc5n4CC(=O)Nc4nccs4)ccc3n2)c(F)c1. The van der Waals surface area contributed by atoms with Gasteiger partial charge in [-0.3, -0.25) is 4.79 Å². The van der Waals surface area contributed by atoms with Crippen molar-refractivity contribution in [3.05, 3.63) is 107 Å². The number of carboxylic acid groups (broad SMARTS) is 1. The maximum absolute atomic E-state index is 14.8. The molecule has 3 aromatic carbocycles. The number of nitrogens with one attached hydrogen (secondary N) is 1. The molecule has 0 aliphatic heterocycles. The Balaban J connectivity index is 1.40. The Hall–Kier alpha value is -5.39. The number of amides is 1. The summed E-state index contributed by atoms with van der Waals surface area (Å²) in [4.78, 5) is 34.4. The number of benzene rings is 3. The zero-order chi connectivity index (χ0) is 31.1. The highest BCUT2D eigenvalue weighted by Crippen LogP contribution is 2.45. The molecular formula is C34H23FN4O4S2. The quantitative estimate of drug-likeness (QED) is 0.175. The molecule has 45 heavy (non-hydrogen) atoms. The number of carbonyl (C=O) groups excluding carboxylic acids is 1. The van der Waals surface area contributed by atoms with Crippen molar-refractivity contribution in [3.8, 4) is 39.4 Å². The zero-order valence-corrected chi connectivity index (χ0v) is 25.3. The number of aromatic carboxylic acids is 1. The van der Waals surface area contributed by atoms with Crippen LogP contribution in [0.1, 0.15) is 9.67 Å². The topological polar surface area (TPSA) is 106 Å². The van der Waals surface area contributed by atoms with Crippen molar-refractivity contribution >= 4 is 60.8 Å². The molecule has 11 heteroatoms. The maximum atomic E-state index is 14.8. The monoisotopic (exact) mass is 634 g/mol. The molecule has 0 atom stereocenters. The van der Waals surface area contributed by atoms with Crippen molar-refractivity contribution in [2.24, 2.45) is 0 Å². The Labute approximate surface area is 264 Å². The lowest BCUT2D eigenvalue weighted by molar-refractivity contribution is -0.116. The van der Waals surface area contributed by atoms with Gasteiger partial charge in [0.1, 0.15) is 23.0 Å². The van der Waals surface area contributed by atoms with E-state index in [1.807, 2.05) is 59.2 Å². The van der Waals surface area contributed by atoms with Crippen molar-refractivity contribution in [2.45, 2.75) is 6.54 Å². The Morgan fingerprint density at radius 2 is 1.84 bits per heavy atom. The molecule has 7 rings (SSSR count). The van der Waals surface area contributed by atoms with Crippen LogP contribution in [0.2, 0.25) is 0 Å². The Morgan fingerprint density at radius 3 is 2.58 bits per heavy atom. The summed E-state index contributed by atoms with van der Waals surface area (Å²) in [5, 5.41) is 15.8. The number of hydrogen-bond donors (Lipinski definition) is 2. The normalized spacial score (nSPS) is 11.2. The summed E-state index contributed by atoms with van der Waals surface area (Å²) in [6.45, 7) is -0.0694. The van der Waals surface area contributed by atoms with E-state index < -0.39 is 11.8 Å². The van der Waals surface area contributed by atoms with Gasteiger partial charge >= 0.3 is 5.97 Å². The first-order chi connectivity index (χ1) is 21.9. The molecule has 4 aromatic heterocycles. The fourth-order valence-electron chi connectivity index (χ4n) is 5.41. The van der Waals surface area contributed by atoms with Crippen molar-refractivity contribution in [1.82, 2.24) is 14.5 Å². The second-order valence-electron chi connectivity index (χ2n) is 10.1. The molecule has 0 aliphatic rings. The van der Waals surface area contributed by atoms with Crippen molar-refractivity contribution in [3.63, 3.8) is 0 Å². The fourth-order valence-corrected chi connectivity index (χ4v) is 7.02. The number of rotatable bonds is 8. The molecule has 2 N–H and O–H groups in total. The summed E-state index contributed by atoms with van der Waals surface area (Å²) in [5.41, 5.74) is 5.46. The van der Waals surface area contributed by atoms with Gasteiger partial charge in [0.15, 0.2) is 5.13 Å². The fraction of sp³-hybridized carbons (Fsp3) is 0.0588. The molecule has 7 aromatic rings. The highest BCUT2D eigenvalue weighted by Gasteiger charge is 2.25. The Morgan fingerprint density at radius 1 is 1.00 bits per heavy atom. The molecule has 0 saturated carbocycles. The minimum Gasteiger partial charge on any atom is -0.497 e. The molecule has 222 valence electrons. The number of aromatic nitrogens is 3. The molecular weight excluding hydrogens is 612 g/mol. The lowest BCUT2D eigenvalue weighted by atomic mass is 9.99. The first-order valence-electron chi connectivity index (χ1n) is 13.8. The van der Waals surface area contributed by atoms with Crippen molar-refractivity contribution < 1.29 is 23.8 Å². The van der Waals surface area contributed by atoms with Crippen LogP contribution in [0.5, 0.6) is 5.75 Å². The minimum absolute atomic E-state index is 0.0694. The van der Waals surface area contributed by atoms with E-state index >= 15 is 0 Å². The van der Waals surface area contributed by atoms with Crippen LogP contribution in [0.3, 0.4) is 0 Å². The number of hydrogen-bond acceptors (Lipinski definition) is 7. The van der Waals surface area contributed by atoms with Crippen LogP contribution in [0, 0.1) is 5.82 Å². The average molecular weight is 635 g/mol. The predicted octanol–water partition coefficient (Wildman–Crippen LogP) is 8.19. The number of thiazole rings is 1. The van der Waals surface area contributed by atoms with Gasteiger partial charge in [0.25, 0.3) is 0 Å². The lowest BCUT2D eigenvalue weighted by Crippen LogP contribution is -2.19. The summed E-state index contributed by atoms with van der Waals surface area (Å²) in [5.74, 6) is -1.33. The van der Waals surface area contributed by atoms with Crippen LogP contribution in [0.25, 0.3) is 54.8 Å². The van der Waals surface area contributed by atoms with E-state index in [4.69, 9.17) is 9.72 Å². The summed E-state index contributed by atoms with van der Waals surface area (Å²) < 4.78 is 22.6. The molecule has 1 amide bonds. The number of fused-ring (bicyclic) bond motifs is 2. The van der Waals surface area contributed by atoms with Crippen molar-refractivity contribution in [1.29, 1.82) is 0 Å². The third-order valence-corrected chi connectivity index (χ3v) is 9.22. The smallest absolute Gasteiger partial charge is 0.345 e. The third-order valence-electron chi connectivity index (χ3n) is 7.41. The van der Waals surface area contributed by atoms with E-state index in [0.29, 0.717) is 33.2 Å². The van der Waals surface area contributed by atoms with Crippen LogP contribution in [0.15, 0.2) is 96.5 Å². The summed E-state index contributed by atoms with van der Waals surface area (Å²) in [6, 6.07) is 25.4. The number of carboxylic acids is 1. The number of anilines is 1. The molecule has 0 fully saturated rings. The second-order valence-corrected chi connectivity index (χ2v) is 12.1. The van der Waals surface area contributed by atoms with Gasteiger partial charge in [-0.2, -0.15) is 0 Å². The maximum Gasteiger partial charge on any atom is 0.345 e. The number of ether oxygens (including phenoxy) is 1. The number of halogens is 1. The first kappa shape index (κ1) is 28.4. The number of methoxy groups -OCH3 is 1. The highest BCUT2D eigenvalue weighted by atomic mass is 32.1. The Bertz CT molecular complexity index is 2230. The van der Waals surface area contributed by atoms with Gasteiger partial charge in [-0.15, -0.1) is 22.7 Å². The van der Waals surface area contributed by atoms with Crippen LogP contribution < -0.4 is 10.1 Å². The number of nitrogens with zero attached hydrogens (tertiary/aromatic N) is 3. The number of pyridine rings is 1. The van der Waals surface area contributed by atoms with Gasteiger partial charge in [0.05, 0.1) is 34.2 Å². The van der Waals surface area contributed by atoms with E-state index in [1.54, 1.807) is 35.8 Å². The Kier molecular flexibility index (Phi) is 7.32. The summed E-state index contributed by atoms with van der Waals surface area (Å²) >= 11 is 2.49. The van der Waals surface area contributed by atoms with Gasteiger partial charge in [-0.25, -0.2) is 19.2 Å². The molecule has 0 spiro atoms. The van der Waals surface area contributed by atoms with Crippen LogP contribution in [-0.4, -0.2) is 38.6 Å². The van der Waals surface area contributed by atoms with Gasteiger partial charge < -0.3 is 19.7 Å². The molecule has 0 radical (unpaired) electrons. The average Bonchev–Trinajstić information content (AvgIpc) is 3.78. The van der Waals surface area contributed by atoms with E-state index in [0.717, 1.165) is 32.5 Å². The molecule has 0 aliphatic carbocycles. The molecule has 4 heterocycles. The van der Waals surface area contributed by atoms with Gasteiger partial charge in [-0.1, -0.05) is 42.5 Å². The standard InChI is InChI=1S/C34H23FN4O4S2/c1-43-22-9-10-23(24(35)16-22)26-12-7-20-15-21(8-11-25(20)37-26)31-30(19-5-3-2-4-6-19)32-27(17-28(45-32)33(41)42)39(31)18-29(40)38-34-36-13-14-44-34/h2-17H,18H2,1H3,(H,41,42)(H,36,38,40). The third kappa shape index (κ3) is 5.32. The first-order valence-corrected chi connectivity index (χ1v) is 15.5. The highest BCUT2D eigenvalue weighted by molar-refractivity contribution is 7.21. The second kappa shape index (κ2) is 11.6. The minimum atomic E-state index is -1.03.